The van der Waals surface area contributed by atoms with Crippen molar-refractivity contribution < 1.29 is 21.6 Å². The monoisotopic (exact) mass is 322 g/mol. The smallest absolute Gasteiger partial charge is 0.269 e. The number of hydrogen-bond acceptors (Lipinski definition) is 4. The Kier molecular flexibility index (Phi) is 3.83. The Morgan fingerprint density at radius 2 is 1.95 bits per heavy atom. The Morgan fingerprint density at radius 1 is 1.29 bits per heavy atom. The van der Waals surface area contributed by atoms with Crippen molar-refractivity contribution in [2.45, 2.75) is 30.3 Å². The molecule has 2 rings (SSSR count). The molecule has 0 unspecified atom stereocenters. The van der Waals surface area contributed by atoms with Gasteiger partial charge in [0.1, 0.15) is 4.90 Å². The standard InChI is InChI=1S/C11H13F3N4O2S/c1-3-18-8(4-5-15-18)7-21(19,20)9-6-16-17(2)10(9)11(12,13)14/h4-6H,3,7H2,1-2H3. The van der Waals surface area contributed by atoms with E-state index in [2.05, 4.69) is 10.2 Å². The minimum absolute atomic E-state index is 0.328. The molecule has 0 aromatic carbocycles. The van der Waals surface area contributed by atoms with E-state index in [1.807, 2.05) is 0 Å². The molecule has 2 aromatic heterocycles. The Balaban J connectivity index is 2.46. The van der Waals surface area contributed by atoms with Crippen LogP contribution in [0.2, 0.25) is 0 Å². The number of rotatable bonds is 4. The molecule has 116 valence electrons. The Hall–Kier alpha value is -1.84. The van der Waals surface area contributed by atoms with Crippen molar-refractivity contribution in [1.82, 2.24) is 19.6 Å². The quantitative estimate of drug-likeness (QED) is 0.858. The molecule has 0 saturated heterocycles. The maximum Gasteiger partial charge on any atom is 0.434 e. The van der Waals surface area contributed by atoms with Gasteiger partial charge in [-0.05, 0) is 13.0 Å². The van der Waals surface area contributed by atoms with Gasteiger partial charge in [0, 0.05) is 19.8 Å². The third kappa shape index (κ3) is 2.94. The van der Waals surface area contributed by atoms with Crippen molar-refractivity contribution in [1.29, 1.82) is 0 Å². The van der Waals surface area contributed by atoms with Crippen molar-refractivity contribution in [2.75, 3.05) is 0 Å². The lowest BCUT2D eigenvalue weighted by atomic mass is 10.4. The molecule has 0 amide bonds. The van der Waals surface area contributed by atoms with E-state index in [4.69, 9.17) is 0 Å². The highest BCUT2D eigenvalue weighted by molar-refractivity contribution is 7.90. The fraction of sp³-hybridized carbons (Fsp3) is 0.455. The van der Waals surface area contributed by atoms with Crippen molar-refractivity contribution >= 4 is 9.84 Å². The molecule has 2 heterocycles. The zero-order valence-corrected chi connectivity index (χ0v) is 12.1. The van der Waals surface area contributed by atoms with E-state index in [9.17, 15) is 21.6 Å². The topological polar surface area (TPSA) is 69.8 Å². The fourth-order valence-corrected chi connectivity index (χ4v) is 3.55. The van der Waals surface area contributed by atoms with Crippen molar-refractivity contribution in [3.63, 3.8) is 0 Å². The SMILES string of the molecule is CCn1nccc1CS(=O)(=O)c1cnn(C)c1C(F)(F)F. The van der Waals surface area contributed by atoms with Crippen LogP contribution in [0, 0.1) is 0 Å². The van der Waals surface area contributed by atoms with Crippen molar-refractivity contribution in [3.05, 3.63) is 29.8 Å². The zero-order chi connectivity index (χ0) is 15.8. The molecule has 6 nitrogen and oxygen atoms in total. The second kappa shape index (κ2) is 5.17. The van der Waals surface area contributed by atoms with Crippen LogP contribution in [0.25, 0.3) is 0 Å². The molecular weight excluding hydrogens is 309 g/mol. The summed E-state index contributed by atoms with van der Waals surface area (Å²) in [6.45, 7) is 2.19. The first-order chi connectivity index (χ1) is 9.66. The van der Waals surface area contributed by atoms with Gasteiger partial charge in [-0.2, -0.15) is 23.4 Å². The summed E-state index contributed by atoms with van der Waals surface area (Å²) < 4.78 is 65.3. The summed E-state index contributed by atoms with van der Waals surface area (Å²) in [6, 6.07) is 1.46. The minimum atomic E-state index is -4.79. The van der Waals surface area contributed by atoms with Crippen LogP contribution < -0.4 is 0 Å². The van der Waals surface area contributed by atoms with E-state index in [0.717, 1.165) is 13.2 Å². The van der Waals surface area contributed by atoms with Gasteiger partial charge in [-0.3, -0.25) is 9.36 Å². The lowest BCUT2D eigenvalue weighted by Gasteiger charge is -2.11. The number of aryl methyl sites for hydroxylation is 2. The number of nitrogens with zero attached hydrogens (tertiary/aromatic N) is 4. The average molecular weight is 322 g/mol. The molecule has 0 aliphatic rings. The second-order valence-corrected chi connectivity index (χ2v) is 6.33. The summed E-state index contributed by atoms with van der Waals surface area (Å²) in [7, 11) is -3.12. The van der Waals surface area contributed by atoms with Gasteiger partial charge in [-0.25, -0.2) is 8.42 Å². The molecule has 0 fully saturated rings. The van der Waals surface area contributed by atoms with Crippen LogP contribution in [-0.2, 0) is 35.4 Å². The molecule has 0 aliphatic carbocycles. The number of aromatic nitrogens is 4. The van der Waals surface area contributed by atoms with Crippen molar-refractivity contribution in [2.24, 2.45) is 7.05 Å². The molecular formula is C11H13F3N4O2S. The van der Waals surface area contributed by atoms with Crippen LogP contribution in [0.5, 0.6) is 0 Å². The third-order valence-electron chi connectivity index (χ3n) is 2.95. The normalized spacial score (nSPS) is 12.8. The fourth-order valence-electron chi connectivity index (χ4n) is 2.01. The second-order valence-electron chi connectivity index (χ2n) is 4.38. The molecule has 21 heavy (non-hydrogen) atoms. The number of hydrogen-bond donors (Lipinski definition) is 0. The van der Waals surface area contributed by atoms with Gasteiger partial charge in [0.25, 0.3) is 0 Å². The number of halogens is 3. The average Bonchev–Trinajstić information content (AvgIpc) is 2.94. The molecule has 0 atom stereocenters. The summed E-state index contributed by atoms with van der Waals surface area (Å²) in [4.78, 5) is -0.818. The maximum absolute atomic E-state index is 13.0. The van der Waals surface area contributed by atoms with Crippen molar-refractivity contribution in [3.8, 4) is 0 Å². The van der Waals surface area contributed by atoms with Gasteiger partial charge in [-0.15, -0.1) is 0 Å². The Morgan fingerprint density at radius 3 is 2.52 bits per heavy atom. The lowest BCUT2D eigenvalue weighted by molar-refractivity contribution is -0.146. The summed E-state index contributed by atoms with van der Waals surface area (Å²) in [5, 5.41) is 7.31. The van der Waals surface area contributed by atoms with E-state index in [1.54, 1.807) is 6.92 Å². The van der Waals surface area contributed by atoms with Gasteiger partial charge < -0.3 is 0 Å². The van der Waals surface area contributed by atoms with Gasteiger partial charge >= 0.3 is 6.18 Å². The summed E-state index contributed by atoms with van der Waals surface area (Å²) >= 11 is 0. The highest BCUT2D eigenvalue weighted by Gasteiger charge is 2.41. The summed E-state index contributed by atoms with van der Waals surface area (Å²) in [5.74, 6) is -0.560. The van der Waals surface area contributed by atoms with E-state index in [0.29, 0.717) is 16.9 Å². The van der Waals surface area contributed by atoms with Crippen LogP contribution in [0.3, 0.4) is 0 Å². The third-order valence-corrected chi connectivity index (χ3v) is 4.60. The van der Waals surface area contributed by atoms with Gasteiger partial charge in [0.05, 0.1) is 17.6 Å². The van der Waals surface area contributed by atoms with Gasteiger partial charge in [0.2, 0.25) is 0 Å². The molecule has 0 spiro atoms. The molecule has 0 saturated carbocycles. The first kappa shape index (κ1) is 15.5. The highest BCUT2D eigenvalue weighted by Crippen LogP contribution is 2.34. The molecule has 10 heteroatoms. The molecule has 2 aromatic rings. The van der Waals surface area contributed by atoms with Crippen LogP contribution in [0.15, 0.2) is 23.4 Å². The highest BCUT2D eigenvalue weighted by atomic mass is 32.2. The van der Waals surface area contributed by atoms with E-state index < -0.39 is 32.4 Å². The molecule has 0 radical (unpaired) electrons. The molecule has 0 bridgehead atoms. The summed E-state index contributed by atoms with van der Waals surface area (Å²) in [6.07, 6.45) is -2.66. The predicted molar refractivity (Wildman–Crippen MR) is 67.0 cm³/mol. The minimum Gasteiger partial charge on any atom is -0.269 e. The van der Waals surface area contributed by atoms with Gasteiger partial charge in [0.15, 0.2) is 15.5 Å². The summed E-state index contributed by atoms with van der Waals surface area (Å²) in [5.41, 5.74) is -0.945. The van der Waals surface area contributed by atoms with E-state index >= 15 is 0 Å². The van der Waals surface area contributed by atoms with Crippen LogP contribution >= 0.6 is 0 Å². The molecule has 0 N–H and O–H groups in total. The van der Waals surface area contributed by atoms with E-state index in [1.165, 1.54) is 16.9 Å². The Bertz CT molecular complexity index is 746. The van der Waals surface area contributed by atoms with Crippen LogP contribution in [-0.4, -0.2) is 28.0 Å². The van der Waals surface area contributed by atoms with E-state index in [-0.39, 0.29) is 0 Å². The first-order valence-electron chi connectivity index (χ1n) is 5.99. The number of alkyl halides is 3. The van der Waals surface area contributed by atoms with Gasteiger partial charge in [-0.1, -0.05) is 0 Å². The number of sulfone groups is 1. The first-order valence-corrected chi connectivity index (χ1v) is 7.64. The largest absolute Gasteiger partial charge is 0.434 e. The van der Waals surface area contributed by atoms with Crippen LogP contribution in [0.1, 0.15) is 18.3 Å². The molecule has 0 aliphatic heterocycles. The zero-order valence-electron chi connectivity index (χ0n) is 11.3. The lowest BCUT2D eigenvalue weighted by Crippen LogP contribution is -2.18. The maximum atomic E-state index is 13.0. The van der Waals surface area contributed by atoms with Crippen LogP contribution in [0.4, 0.5) is 13.2 Å². The Labute approximate surface area is 119 Å². The predicted octanol–water partition coefficient (Wildman–Crippen LogP) is 1.63.